The largest absolute Gasteiger partial charge is 0.383 e. The van der Waals surface area contributed by atoms with Gasteiger partial charge in [-0.3, -0.25) is 4.79 Å². The van der Waals surface area contributed by atoms with Gasteiger partial charge in [-0.1, -0.05) is 65.3 Å². The SMILES string of the molecule is Cc1ccc(-c2c(C#N)c(N)nc(SCC(=O)c3cccc(Cl)c3)c2C#N)cc1. The highest BCUT2D eigenvalue weighted by Crippen LogP contribution is 2.35. The van der Waals surface area contributed by atoms with Gasteiger partial charge < -0.3 is 5.73 Å². The minimum atomic E-state index is -0.150. The molecule has 3 aromatic rings. The number of nitrogen functional groups attached to an aromatic ring is 1. The predicted molar refractivity (Wildman–Crippen MR) is 115 cm³/mol. The van der Waals surface area contributed by atoms with Crippen molar-refractivity contribution < 1.29 is 4.79 Å². The van der Waals surface area contributed by atoms with Crippen molar-refractivity contribution in [3.05, 3.63) is 75.8 Å². The number of aromatic nitrogens is 1. The summed E-state index contributed by atoms with van der Waals surface area (Å²) in [6.45, 7) is 1.95. The molecular formula is C22H15ClN4OS. The molecule has 2 aromatic carbocycles. The standard InChI is InChI=1S/C22H15ClN4OS/c1-13-5-7-14(8-6-13)20-17(10-24)21(26)27-22(18(20)11-25)29-12-19(28)15-3-2-4-16(23)9-15/h2-9H,12H2,1H3,(H2,26,27). The molecule has 0 saturated carbocycles. The van der Waals surface area contributed by atoms with Gasteiger partial charge in [-0.2, -0.15) is 10.5 Å². The Morgan fingerprint density at radius 2 is 1.83 bits per heavy atom. The molecule has 7 heteroatoms. The molecule has 0 atom stereocenters. The summed E-state index contributed by atoms with van der Waals surface area (Å²) >= 11 is 7.06. The summed E-state index contributed by atoms with van der Waals surface area (Å²) in [7, 11) is 0. The van der Waals surface area contributed by atoms with Crippen molar-refractivity contribution in [3.63, 3.8) is 0 Å². The third kappa shape index (κ3) is 4.41. The van der Waals surface area contributed by atoms with E-state index in [0.29, 0.717) is 26.7 Å². The van der Waals surface area contributed by atoms with Crippen LogP contribution < -0.4 is 5.73 Å². The second kappa shape index (κ2) is 8.79. The van der Waals surface area contributed by atoms with Gasteiger partial charge >= 0.3 is 0 Å². The van der Waals surface area contributed by atoms with Crippen LogP contribution in [0.25, 0.3) is 11.1 Å². The third-order valence-corrected chi connectivity index (χ3v) is 5.45. The lowest BCUT2D eigenvalue weighted by atomic mass is 9.96. The minimum Gasteiger partial charge on any atom is -0.383 e. The second-order valence-electron chi connectivity index (χ2n) is 6.24. The van der Waals surface area contributed by atoms with Gasteiger partial charge in [0.25, 0.3) is 0 Å². The van der Waals surface area contributed by atoms with E-state index in [1.54, 1.807) is 24.3 Å². The van der Waals surface area contributed by atoms with Crippen LogP contribution in [0.1, 0.15) is 27.0 Å². The molecule has 0 aliphatic rings. The van der Waals surface area contributed by atoms with Crippen LogP contribution in [0.4, 0.5) is 5.82 Å². The quantitative estimate of drug-likeness (QED) is 0.461. The molecule has 0 spiro atoms. The Bertz CT molecular complexity index is 1180. The van der Waals surface area contributed by atoms with Crippen molar-refractivity contribution in [1.29, 1.82) is 10.5 Å². The van der Waals surface area contributed by atoms with Crippen molar-refractivity contribution in [2.24, 2.45) is 0 Å². The summed E-state index contributed by atoms with van der Waals surface area (Å²) in [5.41, 5.74) is 9.03. The van der Waals surface area contributed by atoms with E-state index in [2.05, 4.69) is 11.1 Å². The Morgan fingerprint density at radius 3 is 2.45 bits per heavy atom. The Morgan fingerprint density at radius 1 is 1.14 bits per heavy atom. The molecule has 0 fully saturated rings. The number of aryl methyl sites for hydroxylation is 1. The molecule has 1 heterocycles. The van der Waals surface area contributed by atoms with Gasteiger partial charge in [0.1, 0.15) is 28.5 Å². The van der Waals surface area contributed by atoms with Crippen LogP contribution in [0.2, 0.25) is 5.02 Å². The maximum Gasteiger partial charge on any atom is 0.173 e. The Kier molecular flexibility index (Phi) is 6.19. The molecule has 0 unspecified atom stereocenters. The highest BCUT2D eigenvalue weighted by atomic mass is 35.5. The first-order valence-corrected chi connectivity index (χ1v) is 9.93. The van der Waals surface area contributed by atoms with Crippen LogP contribution in [0.3, 0.4) is 0 Å². The number of hydrogen-bond donors (Lipinski definition) is 1. The molecule has 0 bridgehead atoms. The molecule has 5 nitrogen and oxygen atoms in total. The summed E-state index contributed by atoms with van der Waals surface area (Å²) in [4.78, 5) is 16.7. The zero-order valence-corrected chi connectivity index (χ0v) is 17.0. The first-order valence-electron chi connectivity index (χ1n) is 8.57. The van der Waals surface area contributed by atoms with Crippen LogP contribution in [-0.2, 0) is 0 Å². The van der Waals surface area contributed by atoms with E-state index in [1.807, 2.05) is 37.3 Å². The van der Waals surface area contributed by atoms with Gasteiger partial charge in [-0.25, -0.2) is 4.98 Å². The lowest BCUT2D eigenvalue weighted by Crippen LogP contribution is -2.06. The highest BCUT2D eigenvalue weighted by Gasteiger charge is 2.21. The fourth-order valence-electron chi connectivity index (χ4n) is 2.79. The average Bonchev–Trinajstić information content (AvgIpc) is 2.72. The molecule has 0 saturated heterocycles. The topological polar surface area (TPSA) is 104 Å². The number of carbonyl (C=O) groups excluding carboxylic acids is 1. The fraction of sp³-hybridized carbons (Fsp3) is 0.0909. The molecule has 2 N–H and O–H groups in total. The number of hydrogen-bond acceptors (Lipinski definition) is 6. The monoisotopic (exact) mass is 418 g/mol. The molecular weight excluding hydrogens is 404 g/mol. The average molecular weight is 419 g/mol. The number of ketones is 1. The number of nitrogens with two attached hydrogens (primary N) is 1. The molecule has 0 aliphatic heterocycles. The van der Waals surface area contributed by atoms with Crippen molar-refractivity contribution in [2.45, 2.75) is 11.9 Å². The number of anilines is 1. The zero-order valence-electron chi connectivity index (χ0n) is 15.4. The Labute approximate surface area is 177 Å². The van der Waals surface area contributed by atoms with Crippen LogP contribution in [0.5, 0.6) is 0 Å². The van der Waals surface area contributed by atoms with Crippen LogP contribution >= 0.6 is 23.4 Å². The lowest BCUT2D eigenvalue weighted by Gasteiger charge is -2.13. The Balaban J connectivity index is 2.02. The Hall–Kier alpha value is -3.32. The van der Waals surface area contributed by atoms with Crippen LogP contribution in [0.15, 0.2) is 53.6 Å². The van der Waals surface area contributed by atoms with Crippen molar-refractivity contribution in [2.75, 3.05) is 11.5 Å². The number of halogens is 1. The number of Topliss-reactive ketones (excluding diaryl/α,β-unsaturated/α-hetero) is 1. The van der Waals surface area contributed by atoms with E-state index in [4.69, 9.17) is 17.3 Å². The molecule has 142 valence electrons. The number of rotatable bonds is 5. The minimum absolute atomic E-state index is 0.0276. The highest BCUT2D eigenvalue weighted by molar-refractivity contribution is 8.00. The van der Waals surface area contributed by atoms with Gasteiger partial charge in [0.05, 0.1) is 11.3 Å². The second-order valence-corrected chi connectivity index (χ2v) is 7.64. The number of nitrogens with zero attached hydrogens (tertiary/aromatic N) is 3. The van der Waals surface area contributed by atoms with Gasteiger partial charge in [-0.15, -0.1) is 0 Å². The number of thioether (sulfide) groups is 1. The number of nitriles is 2. The normalized spacial score (nSPS) is 10.2. The van der Waals surface area contributed by atoms with Crippen molar-refractivity contribution in [3.8, 4) is 23.3 Å². The fourth-order valence-corrected chi connectivity index (χ4v) is 3.87. The predicted octanol–water partition coefficient (Wildman–Crippen LogP) is 5.01. The molecule has 0 aliphatic carbocycles. The van der Waals surface area contributed by atoms with E-state index in [-0.39, 0.29) is 28.5 Å². The summed E-state index contributed by atoms with van der Waals surface area (Å²) in [6, 6.07) is 18.3. The van der Waals surface area contributed by atoms with E-state index in [0.717, 1.165) is 17.3 Å². The van der Waals surface area contributed by atoms with E-state index < -0.39 is 0 Å². The van der Waals surface area contributed by atoms with E-state index in [1.165, 1.54) is 0 Å². The van der Waals surface area contributed by atoms with Gasteiger partial charge in [0, 0.05) is 16.1 Å². The van der Waals surface area contributed by atoms with Crippen LogP contribution in [-0.4, -0.2) is 16.5 Å². The van der Waals surface area contributed by atoms with E-state index in [9.17, 15) is 15.3 Å². The van der Waals surface area contributed by atoms with Gasteiger partial charge in [-0.05, 0) is 24.6 Å². The summed E-state index contributed by atoms with van der Waals surface area (Å²) in [5, 5.41) is 20.1. The van der Waals surface area contributed by atoms with Crippen LogP contribution in [0, 0.1) is 29.6 Å². The first kappa shape index (κ1) is 20.4. The van der Waals surface area contributed by atoms with Gasteiger partial charge in [0.2, 0.25) is 0 Å². The van der Waals surface area contributed by atoms with E-state index >= 15 is 0 Å². The zero-order chi connectivity index (χ0) is 21.0. The first-order chi connectivity index (χ1) is 13.9. The number of benzene rings is 2. The summed E-state index contributed by atoms with van der Waals surface area (Å²) < 4.78 is 0. The molecule has 0 amide bonds. The van der Waals surface area contributed by atoms with Gasteiger partial charge in [0.15, 0.2) is 5.78 Å². The molecule has 3 rings (SSSR count). The maximum absolute atomic E-state index is 12.5. The summed E-state index contributed by atoms with van der Waals surface area (Å²) in [6.07, 6.45) is 0. The lowest BCUT2D eigenvalue weighted by molar-refractivity contribution is 0.102. The molecule has 29 heavy (non-hydrogen) atoms. The van der Waals surface area contributed by atoms with Crippen molar-refractivity contribution in [1.82, 2.24) is 4.98 Å². The maximum atomic E-state index is 12.5. The number of pyridine rings is 1. The smallest absolute Gasteiger partial charge is 0.173 e. The molecule has 1 aromatic heterocycles. The number of carbonyl (C=O) groups is 1. The molecule has 0 radical (unpaired) electrons. The van der Waals surface area contributed by atoms with Crippen molar-refractivity contribution >= 4 is 35.0 Å². The third-order valence-electron chi connectivity index (χ3n) is 4.24. The summed E-state index contributed by atoms with van der Waals surface area (Å²) in [5.74, 6) is -0.0662.